The van der Waals surface area contributed by atoms with Gasteiger partial charge in [0.25, 0.3) is 5.91 Å². The fraction of sp³-hybridized carbons (Fsp3) is 0.185. The third kappa shape index (κ3) is 4.99. The van der Waals surface area contributed by atoms with Gasteiger partial charge in [0.2, 0.25) is 5.91 Å². The molecule has 0 bridgehead atoms. The first kappa shape index (κ1) is 25.4. The third-order valence-electron chi connectivity index (χ3n) is 6.04. The fourth-order valence-corrected chi connectivity index (χ4v) is 4.22. The Morgan fingerprint density at radius 3 is 2.49 bits per heavy atom. The second-order valence-corrected chi connectivity index (χ2v) is 8.56. The summed E-state index contributed by atoms with van der Waals surface area (Å²) in [6, 6.07) is 12.0. The zero-order valence-corrected chi connectivity index (χ0v) is 20.7. The number of carbonyl (C=O) groups excluding carboxylic acids is 4. The lowest BCUT2D eigenvalue weighted by molar-refractivity contribution is -0.127. The van der Waals surface area contributed by atoms with Crippen LogP contribution in [0.25, 0.3) is 11.8 Å². The molecule has 1 saturated heterocycles. The van der Waals surface area contributed by atoms with Gasteiger partial charge in [0.15, 0.2) is 0 Å². The maximum Gasteiger partial charge on any atom is 0.337 e. The summed E-state index contributed by atoms with van der Waals surface area (Å²) in [6.07, 6.45) is 1.55. The summed E-state index contributed by atoms with van der Waals surface area (Å²) in [5.74, 6) is -2.43. The third-order valence-corrected chi connectivity index (χ3v) is 6.04. The van der Waals surface area contributed by atoms with Gasteiger partial charge in [-0.15, -0.1) is 0 Å². The number of aromatic nitrogens is 1. The van der Waals surface area contributed by atoms with Crippen LogP contribution in [0.15, 0.2) is 54.2 Å². The zero-order chi connectivity index (χ0) is 26.9. The summed E-state index contributed by atoms with van der Waals surface area (Å²) in [4.78, 5) is 50.3. The number of imide groups is 1. The van der Waals surface area contributed by atoms with Crippen molar-refractivity contribution in [1.29, 1.82) is 0 Å². The first-order valence-corrected chi connectivity index (χ1v) is 11.4. The molecule has 0 saturated carbocycles. The Bertz CT molecular complexity index is 1470. The van der Waals surface area contributed by atoms with Crippen LogP contribution in [0.4, 0.5) is 14.9 Å². The minimum Gasteiger partial charge on any atom is -0.465 e. The maximum atomic E-state index is 13.8. The monoisotopic (exact) mass is 504 g/mol. The van der Waals surface area contributed by atoms with E-state index in [1.165, 1.54) is 25.3 Å². The molecule has 4 amide bonds. The van der Waals surface area contributed by atoms with Crippen LogP contribution in [0.5, 0.6) is 0 Å². The molecule has 4 rings (SSSR count). The first-order chi connectivity index (χ1) is 17.6. The van der Waals surface area contributed by atoms with Gasteiger partial charge in [-0.05, 0) is 74.4 Å². The summed E-state index contributed by atoms with van der Waals surface area (Å²) in [7, 11) is 1.32. The normalized spacial score (nSPS) is 14.2. The Morgan fingerprint density at radius 2 is 1.81 bits per heavy atom. The van der Waals surface area contributed by atoms with E-state index in [1.54, 1.807) is 24.3 Å². The molecule has 2 N–H and O–H groups in total. The number of hydrogen-bond donors (Lipinski definition) is 2. The van der Waals surface area contributed by atoms with Gasteiger partial charge < -0.3 is 19.9 Å². The topological polar surface area (TPSA) is 110 Å². The molecule has 9 nitrogen and oxygen atoms in total. The predicted molar refractivity (Wildman–Crippen MR) is 135 cm³/mol. The van der Waals surface area contributed by atoms with Crippen molar-refractivity contribution in [3.05, 3.63) is 88.1 Å². The number of carbonyl (C=O) groups is 4. The molecule has 0 unspecified atom stereocenters. The van der Waals surface area contributed by atoms with Crippen molar-refractivity contribution >= 4 is 35.6 Å². The summed E-state index contributed by atoms with van der Waals surface area (Å²) < 4.78 is 20.6. The van der Waals surface area contributed by atoms with E-state index in [1.807, 2.05) is 37.5 Å². The predicted octanol–water partition coefficient (Wildman–Crippen LogP) is 3.86. The van der Waals surface area contributed by atoms with Gasteiger partial charge in [0, 0.05) is 17.1 Å². The van der Waals surface area contributed by atoms with Crippen molar-refractivity contribution in [3.8, 4) is 5.69 Å². The molecule has 1 aliphatic rings. The standard InChI is InChI=1S/C27H25FN4O5/c1-15-11-18(26(35)37-4)9-10-23(15)32-16(2)12-19(17(32)3)13-22-25(34)31(27(36)30-22)14-24(33)29-21-8-6-5-7-20(21)28/h5-13H,14H2,1-4H3,(H,29,33)(H,30,36)/b22-13+. The second kappa shape index (κ2) is 10.1. The highest BCUT2D eigenvalue weighted by Gasteiger charge is 2.35. The number of esters is 1. The summed E-state index contributed by atoms with van der Waals surface area (Å²) in [5.41, 5.74) is 4.47. The Kier molecular flexibility index (Phi) is 6.92. The molecule has 0 spiro atoms. The molecule has 37 heavy (non-hydrogen) atoms. The number of benzene rings is 2. The highest BCUT2D eigenvalue weighted by atomic mass is 19.1. The second-order valence-electron chi connectivity index (χ2n) is 8.56. The van der Waals surface area contributed by atoms with Crippen LogP contribution >= 0.6 is 0 Å². The number of aryl methyl sites for hydroxylation is 2. The lowest BCUT2D eigenvalue weighted by atomic mass is 10.1. The molecule has 2 heterocycles. The summed E-state index contributed by atoms with van der Waals surface area (Å²) in [5, 5.41) is 4.86. The van der Waals surface area contributed by atoms with Gasteiger partial charge >= 0.3 is 12.0 Å². The lowest BCUT2D eigenvalue weighted by Gasteiger charge is -2.14. The van der Waals surface area contributed by atoms with E-state index < -0.39 is 36.2 Å². The largest absolute Gasteiger partial charge is 0.465 e. The molecule has 1 aromatic heterocycles. The number of rotatable bonds is 6. The number of hydrogen-bond acceptors (Lipinski definition) is 5. The molecule has 190 valence electrons. The quantitative estimate of drug-likeness (QED) is 0.301. The molecular formula is C27H25FN4O5. The van der Waals surface area contributed by atoms with E-state index in [0.717, 1.165) is 27.5 Å². The van der Waals surface area contributed by atoms with E-state index in [4.69, 9.17) is 4.74 Å². The molecule has 10 heteroatoms. The highest BCUT2D eigenvalue weighted by molar-refractivity contribution is 6.16. The number of halogens is 1. The van der Waals surface area contributed by atoms with Gasteiger partial charge in [0.1, 0.15) is 18.1 Å². The molecule has 0 atom stereocenters. The van der Waals surface area contributed by atoms with Crippen molar-refractivity contribution in [2.24, 2.45) is 0 Å². The molecular weight excluding hydrogens is 479 g/mol. The maximum absolute atomic E-state index is 13.8. The molecule has 1 aliphatic heterocycles. The Hall–Kier alpha value is -4.73. The van der Waals surface area contributed by atoms with Gasteiger partial charge in [-0.3, -0.25) is 9.59 Å². The van der Waals surface area contributed by atoms with Crippen molar-refractivity contribution in [2.45, 2.75) is 20.8 Å². The number of anilines is 1. The van der Waals surface area contributed by atoms with Crippen LogP contribution in [0.3, 0.4) is 0 Å². The average molecular weight is 505 g/mol. The minimum atomic E-state index is -0.747. The van der Waals surface area contributed by atoms with Crippen LogP contribution in [-0.2, 0) is 14.3 Å². The first-order valence-electron chi connectivity index (χ1n) is 11.4. The van der Waals surface area contributed by atoms with Gasteiger partial charge in [0.05, 0.1) is 18.4 Å². The Labute approximate surface area is 212 Å². The van der Waals surface area contributed by atoms with Gasteiger partial charge in [-0.1, -0.05) is 12.1 Å². The fourth-order valence-electron chi connectivity index (χ4n) is 4.22. The molecule has 3 aromatic rings. The smallest absolute Gasteiger partial charge is 0.337 e. The van der Waals surface area contributed by atoms with Crippen molar-refractivity contribution in [2.75, 3.05) is 19.0 Å². The van der Waals surface area contributed by atoms with Crippen LogP contribution in [0, 0.1) is 26.6 Å². The Balaban J connectivity index is 1.56. The number of para-hydroxylation sites is 1. The van der Waals surface area contributed by atoms with Crippen molar-refractivity contribution < 1.29 is 28.3 Å². The van der Waals surface area contributed by atoms with Crippen LogP contribution in [0.2, 0.25) is 0 Å². The molecule has 2 aromatic carbocycles. The lowest BCUT2D eigenvalue weighted by Crippen LogP contribution is -2.38. The molecule has 0 aliphatic carbocycles. The van der Waals surface area contributed by atoms with Crippen LogP contribution in [-0.4, -0.2) is 46.9 Å². The number of nitrogens with zero attached hydrogens (tertiary/aromatic N) is 2. The number of urea groups is 1. The minimum absolute atomic E-state index is 0.0155. The summed E-state index contributed by atoms with van der Waals surface area (Å²) >= 11 is 0. The van der Waals surface area contributed by atoms with Gasteiger partial charge in [-0.25, -0.2) is 18.9 Å². The van der Waals surface area contributed by atoms with E-state index in [2.05, 4.69) is 10.6 Å². The highest BCUT2D eigenvalue weighted by Crippen LogP contribution is 2.26. The number of amides is 4. The zero-order valence-electron chi connectivity index (χ0n) is 20.7. The van der Waals surface area contributed by atoms with Crippen LogP contribution in [0.1, 0.15) is 32.9 Å². The number of ether oxygens (including phenoxy) is 1. The Morgan fingerprint density at radius 1 is 1.08 bits per heavy atom. The SMILES string of the molecule is COC(=O)c1ccc(-n2c(C)cc(/C=C3/NC(=O)N(CC(=O)Nc4ccccc4F)C3=O)c2C)c(C)c1. The molecule has 1 fully saturated rings. The summed E-state index contributed by atoms with van der Waals surface area (Å²) in [6.45, 7) is 5.08. The van der Waals surface area contributed by atoms with Gasteiger partial charge in [-0.2, -0.15) is 0 Å². The van der Waals surface area contributed by atoms with E-state index in [0.29, 0.717) is 11.1 Å². The van der Waals surface area contributed by atoms with Crippen molar-refractivity contribution in [1.82, 2.24) is 14.8 Å². The average Bonchev–Trinajstić information content (AvgIpc) is 3.28. The van der Waals surface area contributed by atoms with E-state index in [9.17, 15) is 23.6 Å². The van der Waals surface area contributed by atoms with Crippen LogP contribution < -0.4 is 10.6 Å². The van der Waals surface area contributed by atoms with E-state index in [-0.39, 0.29) is 11.4 Å². The molecule has 0 radical (unpaired) electrons. The van der Waals surface area contributed by atoms with E-state index >= 15 is 0 Å². The number of methoxy groups -OCH3 is 1. The number of nitrogens with one attached hydrogen (secondary N) is 2. The van der Waals surface area contributed by atoms with Crippen molar-refractivity contribution in [3.63, 3.8) is 0 Å².